The van der Waals surface area contributed by atoms with Crippen molar-refractivity contribution in [2.75, 3.05) is 13.6 Å². The van der Waals surface area contributed by atoms with E-state index in [9.17, 15) is 14.4 Å². The van der Waals surface area contributed by atoms with Crippen LogP contribution in [0.4, 0.5) is 0 Å². The predicted octanol–water partition coefficient (Wildman–Crippen LogP) is 0.290. The number of likely N-dealkylation sites (N-methyl/N-ethyl adjacent to an activating group) is 1. The van der Waals surface area contributed by atoms with Crippen LogP contribution in [0, 0.1) is 13.8 Å². The lowest BCUT2D eigenvalue weighted by Crippen LogP contribution is -2.40. The third kappa shape index (κ3) is 2.26. The van der Waals surface area contributed by atoms with Gasteiger partial charge in [-0.2, -0.15) is 0 Å². The van der Waals surface area contributed by atoms with E-state index in [4.69, 9.17) is 5.11 Å². The van der Waals surface area contributed by atoms with Crippen LogP contribution >= 0.6 is 0 Å². The van der Waals surface area contributed by atoms with Crippen molar-refractivity contribution in [3.8, 4) is 0 Å². The Hall–Kier alpha value is -2.31. The normalized spacial score (nSPS) is 18.4. The molecule has 3 N–H and O–H groups in total. The van der Waals surface area contributed by atoms with Gasteiger partial charge < -0.3 is 20.3 Å². The summed E-state index contributed by atoms with van der Waals surface area (Å²) < 4.78 is 0. The number of aromatic amines is 1. The van der Waals surface area contributed by atoms with Crippen LogP contribution < -0.4 is 5.32 Å². The van der Waals surface area contributed by atoms with E-state index in [0.717, 1.165) is 0 Å². The van der Waals surface area contributed by atoms with E-state index in [0.29, 0.717) is 29.8 Å². The lowest BCUT2D eigenvalue weighted by Gasteiger charge is -2.12. The fraction of sp³-hybridized carbons (Fsp3) is 0.462. The molecule has 7 heteroatoms. The number of aromatic nitrogens is 1. The van der Waals surface area contributed by atoms with Gasteiger partial charge in [0.05, 0.1) is 5.56 Å². The van der Waals surface area contributed by atoms with Crippen molar-refractivity contribution in [1.82, 2.24) is 15.2 Å². The maximum Gasteiger partial charge on any atom is 0.352 e. The van der Waals surface area contributed by atoms with Crippen LogP contribution in [-0.2, 0) is 4.79 Å². The van der Waals surface area contributed by atoms with Crippen molar-refractivity contribution in [2.24, 2.45) is 0 Å². The van der Waals surface area contributed by atoms with E-state index in [1.165, 1.54) is 0 Å². The van der Waals surface area contributed by atoms with Crippen LogP contribution in [0.2, 0.25) is 0 Å². The van der Waals surface area contributed by atoms with Crippen molar-refractivity contribution in [1.29, 1.82) is 0 Å². The van der Waals surface area contributed by atoms with E-state index in [1.807, 2.05) is 0 Å². The SMILES string of the molecule is Cc1[nH]c(C(=O)O)c(C)c1C(=O)NC1CCN(C)C1=O. The quantitative estimate of drug-likeness (QED) is 0.740. The molecule has 0 bridgehead atoms. The summed E-state index contributed by atoms with van der Waals surface area (Å²) in [6, 6.07) is -0.533. The van der Waals surface area contributed by atoms with E-state index >= 15 is 0 Å². The molecule has 2 heterocycles. The maximum absolute atomic E-state index is 12.2. The Balaban J connectivity index is 2.22. The Kier molecular flexibility index (Phi) is 3.52. The molecule has 0 saturated carbocycles. The minimum Gasteiger partial charge on any atom is -0.477 e. The molecule has 1 aromatic rings. The highest BCUT2D eigenvalue weighted by Gasteiger charge is 2.32. The molecule has 0 aromatic carbocycles. The Morgan fingerprint density at radius 1 is 1.40 bits per heavy atom. The molecule has 108 valence electrons. The summed E-state index contributed by atoms with van der Waals surface area (Å²) in [6.45, 7) is 3.82. The number of nitrogens with zero attached hydrogens (tertiary/aromatic N) is 1. The van der Waals surface area contributed by atoms with E-state index < -0.39 is 17.9 Å². The molecule has 2 rings (SSSR count). The molecule has 20 heavy (non-hydrogen) atoms. The molecule has 7 nitrogen and oxygen atoms in total. The van der Waals surface area contributed by atoms with Crippen LogP contribution in [0.15, 0.2) is 0 Å². The molecule has 2 amide bonds. The second kappa shape index (κ2) is 4.99. The number of carboxylic acids is 1. The fourth-order valence-corrected chi connectivity index (χ4v) is 2.49. The number of hydrogen-bond acceptors (Lipinski definition) is 3. The van der Waals surface area contributed by atoms with Gasteiger partial charge in [-0.3, -0.25) is 9.59 Å². The number of hydrogen-bond donors (Lipinski definition) is 3. The molecule has 1 saturated heterocycles. The zero-order valence-corrected chi connectivity index (χ0v) is 11.6. The first-order valence-electron chi connectivity index (χ1n) is 6.31. The van der Waals surface area contributed by atoms with Crippen LogP contribution in [0.3, 0.4) is 0 Å². The Morgan fingerprint density at radius 2 is 2.05 bits per heavy atom. The summed E-state index contributed by atoms with van der Waals surface area (Å²) >= 11 is 0. The van der Waals surface area contributed by atoms with Crippen molar-refractivity contribution >= 4 is 17.8 Å². The first-order chi connectivity index (χ1) is 9.32. The van der Waals surface area contributed by atoms with E-state index in [-0.39, 0.29) is 11.6 Å². The van der Waals surface area contributed by atoms with Crippen LogP contribution in [0.1, 0.15) is 38.5 Å². The molecule has 1 aromatic heterocycles. The van der Waals surface area contributed by atoms with Gasteiger partial charge in [-0.25, -0.2) is 4.79 Å². The number of nitrogens with one attached hydrogen (secondary N) is 2. The van der Waals surface area contributed by atoms with Gasteiger partial charge in [0.1, 0.15) is 11.7 Å². The second-order valence-corrected chi connectivity index (χ2v) is 5.00. The zero-order chi connectivity index (χ0) is 15.0. The van der Waals surface area contributed by atoms with Crippen molar-refractivity contribution in [3.05, 3.63) is 22.5 Å². The molecule has 1 aliphatic heterocycles. The molecule has 0 radical (unpaired) electrons. The summed E-state index contributed by atoms with van der Waals surface area (Å²) in [5, 5.41) is 11.7. The van der Waals surface area contributed by atoms with E-state index in [2.05, 4.69) is 10.3 Å². The number of carbonyl (C=O) groups is 3. The smallest absolute Gasteiger partial charge is 0.352 e. The summed E-state index contributed by atoms with van der Waals surface area (Å²) in [7, 11) is 1.68. The number of carboxylic acid groups (broad SMARTS) is 1. The van der Waals surface area contributed by atoms with E-state index in [1.54, 1.807) is 25.8 Å². The summed E-state index contributed by atoms with van der Waals surface area (Å²) in [5.74, 6) is -1.65. The standard InChI is InChI=1S/C13H17N3O4/c1-6-9(7(2)14-10(6)13(19)20)11(17)15-8-4-5-16(3)12(8)18/h8,14H,4-5H2,1-3H3,(H,15,17)(H,19,20). The van der Waals surface area contributed by atoms with Crippen molar-refractivity contribution in [2.45, 2.75) is 26.3 Å². The number of carbonyl (C=O) groups excluding carboxylic acids is 2. The highest BCUT2D eigenvalue weighted by Crippen LogP contribution is 2.19. The average Bonchev–Trinajstić information content (AvgIpc) is 2.83. The van der Waals surface area contributed by atoms with Gasteiger partial charge in [0.25, 0.3) is 5.91 Å². The third-order valence-electron chi connectivity index (χ3n) is 3.61. The summed E-state index contributed by atoms with van der Waals surface area (Å²) in [5.41, 5.74) is 1.16. The number of aromatic carboxylic acids is 1. The minimum absolute atomic E-state index is 0.00233. The number of likely N-dealkylation sites (tertiary alicyclic amines) is 1. The molecule has 1 atom stereocenters. The number of aryl methyl sites for hydroxylation is 1. The first-order valence-corrected chi connectivity index (χ1v) is 6.31. The van der Waals surface area contributed by atoms with Crippen molar-refractivity contribution < 1.29 is 19.5 Å². The lowest BCUT2D eigenvalue weighted by molar-refractivity contribution is -0.128. The molecule has 0 aliphatic carbocycles. The molecule has 1 aliphatic rings. The van der Waals surface area contributed by atoms with Gasteiger partial charge in [-0.15, -0.1) is 0 Å². The highest BCUT2D eigenvalue weighted by atomic mass is 16.4. The summed E-state index contributed by atoms with van der Waals surface area (Å²) in [6.07, 6.45) is 0.565. The lowest BCUT2D eigenvalue weighted by atomic mass is 10.1. The van der Waals surface area contributed by atoms with Gasteiger partial charge in [0.15, 0.2) is 0 Å². The maximum atomic E-state index is 12.2. The Morgan fingerprint density at radius 3 is 2.50 bits per heavy atom. The van der Waals surface area contributed by atoms with Gasteiger partial charge in [-0.1, -0.05) is 0 Å². The topological polar surface area (TPSA) is 102 Å². The molecular formula is C13H17N3O4. The Labute approximate surface area is 116 Å². The van der Waals surface area contributed by atoms with Gasteiger partial charge >= 0.3 is 5.97 Å². The fourth-order valence-electron chi connectivity index (χ4n) is 2.49. The van der Waals surface area contributed by atoms with Gasteiger partial charge in [0, 0.05) is 19.3 Å². The molecule has 1 unspecified atom stereocenters. The molecular weight excluding hydrogens is 262 g/mol. The van der Waals surface area contributed by atoms with Crippen LogP contribution in [0.5, 0.6) is 0 Å². The summed E-state index contributed by atoms with van der Waals surface area (Å²) in [4.78, 5) is 39.3. The van der Waals surface area contributed by atoms with Gasteiger partial charge in [0.2, 0.25) is 5.91 Å². The number of rotatable bonds is 3. The first kappa shape index (κ1) is 14.1. The molecule has 0 spiro atoms. The number of H-pyrrole nitrogens is 1. The molecule has 1 fully saturated rings. The third-order valence-corrected chi connectivity index (χ3v) is 3.61. The average molecular weight is 279 g/mol. The van der Waals surface area contributed by atoms with Crippen LogP contribution in [-0.4, -0.2) is 52.4 Å². The van der Waals surface area contributed by atoms with Crippen LogP contribution in [0.25, 0.3) is 0 Å². The van der Waals surface area contributed by atoms with Crippen molar-refractivity contribution in [3.63, 3.8) is 0 Å². The zero-order valence-electron chi connectivity index (χ0n) is 11.6. The largest absolute Gasteiger partial charge is 0.477 e. The highest BCUT2D eigenvalue weighted by molar-refractivity contribution is 6.02. The van der Waals surface area contributed by atoms with Gasteiger partial charge in [-0.05, 0) is 25.8 Å². The second-order valence-electron chi connectivity index (χ2n) is 5.00. The predicted molar refractivity (Wildman–Crippen MR) is 70.7 cm³/mol. The monoisotopic (exact) mass is 279 g/mol. The minimum atomic E-state index is -1.11. The number of amides is 2. The Bertz CT molecular complexity index is 591.